The van der Waals surface area contributed by atoms with E-state index in [9.17, 15) is 4.79 Å². The molecule has 1 aromatic rings. The Morgan fingerprint density at radius 1 is 1.24 bits per heavy atom. The molecule has 0 atom stereocenters. The number of piperazine rings is 1. The lowest BCUT2D eigenvalue weighted by atomic mass is 10.2. The van der Waals surface area contributed by atoms with Gasteiger partial charge in [-0.2, -0.15) is 0 Å². The van der Waals surface area contributed by atoms with E-state index in [2.05, 4.69) is 20.5 Å². The normalized spacial score (nSPS) is 24.1. The number of hydrogen-bond donors (Lipinski definition) is 1. The van der Waals surface area contributed by atoms with E-state index in [0.717, 1.165) is 45.2 Å². The van der Waals surface area contributed by atoms with E-state index in [1.54, 1.807) is 6.20 Å². The van der Waals surface area contributed by atoms with Gasteiger partial charge in [0, 0.05) is 45.8 Å². The maximum Gasteiger partial charge on any atom is 0.276 e. The van der Waals surface area contributed by atoms with E-state index < -0.39 is 0 Å². The van der Waals surface area contributed by atoms with Crippen molar-refractivity contribution in [2.75, 3.05) is 45.8 Å². The average Bonchev–Trinajstić information content (AvgIpc) is 3.13. The second kappa shape index (κ2) is 5.38. The van der Waals surface area contributed by atoms with E-state index in [1.807, 2.05) is 9.58 Å². The first kappa shape index (κ1) is 13.2. The molecule has 7 heteroatoms. The predicted molar refractivity (Wildman–Crippen MR) is 77.0 cm³/mol. The van der Waals surface area contributed by atoms with Gasteiger partial charge in [-0.05, 0) is 18.8 Å². The molecule has 1 amide bonds. The van der Waals surface area contributed by atoms with Gasteiger partial charge in [0.15, 0.2) is 5.69 Å². The summed E-state index contributed by atoms with van der Waals surface area (Å²) >= 11 is 0. The monoisotopic (exact) mass is 290 g/mol. The fraction of sp³-hybridized carbons (Fsp3) is 0.786. The van der Waals surface area contributed by atoms with Gasteiger partial charge < -0.3 is 10.2 Å². The minimum atomic E-state index is 0.0274. The number of nitrogens with one attached hydrogen (secondary N) is 1. The lowest BCUT2D eigenvalue weighted by molar-refractivity contribution is 0.0626. The number of aromatic nitrogens is 3. The zero-order chi connectivity index (χ0) is 14.2. The van der Waals surface area contributed by atoms with Gasteiger partial charge >= 0.3 is 0 Å². The van der Waals surface area contributed by atoms with Crippen molar-refractivity contribution in [3.05, 3.63) is 11.9 Å². The number of nitrogens with zero attached hydrogens (tertiary/aromatic N) is 5. The summed E-state index contributed by atoms with van der Waals surface area (Å²) < 4.78 is 1.81. The largest absolute Gasteiger partial charge is 0.335 e. The van der Waals surface area contributed by atoms with E-state index in [-0.39, 0.29) is 5.91 Å². The van der Waals surface area contributed by atoms with Crippen LogP contribution in [0.3, 0.4) is 0 Å². The summed E-state index contributed by atoms with van der Waals surface area (Å²) in [5.74, 6) is 0.947. The van der Waals surface area contributed by atoms with Crippen molar-refractivity contribution in [1.29, 1.82) is 0 Å². The zero-order valence-corrected chi connectivity index (χ0v) is 12.2. The fourth-order valence-electron chi connectivity index (χ4n) is 2.97. The molecular weight excluding hydrogens is 268 g/mol. The molecule has 7 nitrogen and oxygen atoms in total. The number of carbonyl (C=O) groups is 1. The Morgan fingerprint density at radius 2 is 2.00 bits per heavy atom. The van der Waals surface area contributed by atoms with Crippen molar-refractivity contribution < 1.29 is 4.79 Å². The lowest BCUT2D eigenvalue weighted by Crippen LogP contribution is -2.49. The number of hydrogen-bond acceptors (Lipinski definition) is 5. The van der Waals surface area contributed by atoms with Gasteiger partial charge in [-0.1, -0.05) is 5.21 Å². The minimum absolute atomic E-state index is 0.0274. The third kappa shape index (κ3) is 2.80. The summed E-state index contributed by atoms with van der Waals surface area (Å²) in [6.07, 6.45) is 4.57. The van der Waals surface area contributed by atoms with Crippen LogP contribution in [0.15, 0.2) is 6.20 Å². The molecule has 1 aliphatic carbocycles. The topological polar surface area (TPSA) is 66.3 Å². The van der Waals surface area contributed by atoms with Crippen molar-refractivity contribution >= 4 is 5.91 Å². The molecule has 0 radical (unpaired) electrons. The Balaban J connectivity index is 1.33. The SMILES string of the molecule is O=C(c1cn(C2CNC2)nn1)N1CCN(CC2CC2)CC1. The molecule has 0 aromatic carbocycles. The van der Waals surface area contributed by atoms with E-state index >= 15 is 0 Å². The quantitative estimate of drug-likeness (QED) is 0.816. The molecule has 3 heterocycles. The van der Waals surface area contributed by atoms with Crippen molar-refractivity contribution in [2.24, 2.45) is 5.92 Å². The second-order valence-electron chi connectivity index (χ2n) is 6.43. The summed E-state index contributed by atoms with van der Waals surface area (Å²) in [5, 5.41) is 11.3. The Bertz CT molecular complexity index is 513. The summed E-state index contributed by atoms with van der Waals surface area (Å²) in [5.41, 5.74) is 0.484. The van der Waals surface area contributed by atoms with Crippen LogP contribution < -0.4 is 5.32 Å². The van der Waals surface area contributed by atoms with Crippen molar-refractivity contribution in [1.82, 2.24) is 30.1 Å². The van der Waals surface area contributed by atoms with Crippen LogP contribution in [0.5, 0.6) is 0 Å². The molecule has 4 rings (SSSR count). The molecular formula is C14H22N6O. The summed E-state index contributed by atoms with van der Waals surface area (Å²) in [6, 6.07) is 0.356. The zero-order valence-electron chi connectivity index (χ0n) is 12.2. The third-order valence-electron chi connectivity index (χ3n) is 4.74. The first-order valence-corrected chi connectivity index (χ1v) is 7.94. The molecule has 2 saturated heterocycles. The predicted octanol–water partition coefficient (Wildman–Crippen LogP) is -0.410. The smallest absolute Gasteiger partial charge is 0.276 e. The van der Waals surface area contributed by atoms with E-state index in [0.29, 0.717) is 11.7 Å². The first-order chi connectivity index (χ1) is 10.3. The van der Waals surface area contributed by atoms with Gasteiger partial charge in [0.25, 0.3) is 5.91 Å². The molecule has 21 heavy (non-hydrogen) atoms. The highest BCUT2D eigenvalue weighted by Gasteiger charge is 2.29. The summed E-state index contributed by atoms with van der Waals surface area (Å²) in [4.78, 5) is 16.9. The molecule has 2 aliphatic heterocycles. The molecule has 0 bridgehead atoms. The van der Waals surface area contributed by atoms with Crippen molar-refractivity contribution in [3.8, 4) is 0 Å². The first-order valence-electron chi connectivity index (χ1n) is 7.94. The fourth-order valence-corrected chi connectivity index (χ4v) is 2.97. The van der Waals surface area contributed by atoms with Crippen LogP contribution in [-0.4, -0.2) is 76.5 Å². The minimum Gasteiger partial charge on any atom is -0.335 e. The van der Waals surface area contributed by atoms with Crippen LogP contribution in [-0.2, 0) is 0 Å². The van der Waals surface area contributed by atoms with Crippen LogP contribution in [0.4, 0.5) is 0 Å². The molecule has 1 N–H and O–H groups in total. The second-order valence-corrected chi connectivity index (χ2v) is 6.43. The van der Waals surface area contributed by atoms with Gasteiger partial charge in [0.2, 0.25) is 0 Å². The van der Waals surface area contributed by atoms with Gasteiger partial charge in [-0.15, -0.1) is 5.10 Å². The number of rotatable bonds is 4. The summed E-state index contributed by atoms with van der Waals surface area (Å²) in [7, 11) is 0. The third-order valence-corrected chi connectivity index (χ3v) is 4.74. The Labute approximate surface area is 124 Å². The number of amides is 1. The molecule has 3 aliphatic rings. The molecule has 1 aromatic heterocycles. The highest BCUT2D eigenvalue weighted by atomic mass is 16.2. The standard InChI is InChI=1S/C14H22N6O/c21-14(13-10-20(17-16-13)12-7-15-8-12)19-5-3-18(4-6-19)9-11-1-2-11/h10-12,15H,1-9H2. The molecule has 0 spiro atoms. The molecule has 114 valence electrons. The Hall–Kier alpha value is -1.47. The van der Waals surface area contributed by atoms with Crippen LogP contribution in [0.1, 0.15) is 29.4 Å². The van der Waals surface area contributed by atoms with Gasteiger partial charge in [-0.3, -0.25) is 9.69 Å². The molecule has 0 unspecified atom stereocenters. The molecule has 3 fully saturated rings. The Morgan fingerprint density at radius 3 is 2.62 bits per heavy atom. The Kier molecular flexibility index (Phi) is 3.39. The van der Waals surface area contributed by atoms with Crippen LogP contribution in [0, 0.1) is 5.92 Å². The maximum atomic E-state index is 12.5. The molecule has 1 saturated carbocycles. The lowest BCUT2D eigenvalue weighted by Gasteiger charge is -2.34. The maximum absolute atomic E-state index is 12.5. The highest BCUT2D eigenvalue weighted by Crippen LogP contribution is 2.29. The van der Waals surface area contributed by atoms with Crippen molar-refractivity contribution in [3.63, 3.8) is 0 Å². The van der Waals surface area contributed by atoms with Crippen LogP contribution in [0.2, 0.25) is 0 Å². The highest BCUT2D eigenvalue weighted by molar-refractivity contribution is 5.92. The average molecular weight is 290 g/mol. The van der Waals surface area contributed by atoms with E-state index in [4.69, 9.17) is 0 Å². The van der Waals surface area contributed by atoms with Gasteiger partial charge in [0.1, 0.15) is 0 Å². The van der Waals surface area contributed by atoms with Crippen LogP contribution >= 0.6 is 0 Å². The summed E-state index contributed by atoms with van der Waals surface area (Å²) in [6.45, 7) is 6.64. The van der Waals surface area contributed by atoms with Crippen molar-refractivity contribution in [2.45, 2.75) is 18.9 Å². The van der Waals surface area contributed by atoms with E-state index in [1.165, 1.54) is 19.4 Å². The van der Waals surface area contributed by atoms with Crippen LogP contribution in [0.25, 0.3) is 0 Å². The van der Waals surface area contributed by atoms with Gasteiger partial charge in [0.05, 0.1) is 12.2 Å². The number of carbonyl (C=O) groups excluding carboxylic acids is 1. The van der Waals surface area contributed by atoms with Gasteiger partial charge in [-0.25, -0.2) is 4.68 Å².